The zero-order chi connectivity index (χ0) is 16.6. The van der Waals surface area contributed by atoms with Crippen molar-refractivity contribution >= 4 is 15.7 Å². The number of hydrogen-bond donors (Lipinski definition) is 2. The summed E-state index contributed by atoms with van der Waals surface area (Å²) in [5, 5.41) is 20.9. The molecule has 1 aliphatic rings. The molecule has 0 radical (unpaired) electrons. The van der Waals surface area contributed by atoms with Gasteiger partial charge in [-0.15, -0.1) is 0 Å². The van der Waals surface area contributed by atoms with Gasteiger partial charge >= 0.3 is 0 Å². The Morgan fingerprint density at radius 3 is 2.65 bits per heavy atom. The molecular weight excluding hydrogens is 320 g/mol. The van der Waals surface area contributed by atoms with Gasteiger partial charge in [0.25, 0.3) is 5.69 Å². The highest BCUT2D eigenvalue weighted by atomic mass is 32.2. The molecule has 23 heavy (non-hydrogen) atoms. The first-order valence-corrected chi connectivity index (χ1v) is 8.39. The normalized spacial score (nSPS) is 20.2. The van der Waals surface area contributed by atoms with Crippen LogP contribution in [-0.4, -0.2) is 24.6 Å². The first-order valence-electron chi connectivity index (χ1n) is 6.91. The molecule has 0 saturated heterocycles. The van der Waals surface area contributed by atoms with Crippen molar-refractivity contribution in [1.29, 1.82) is 0 Å². The van der Waals surface area contributed by atoms with Gasteiger partial charge in [-0.1, -0.05) is 30.3 Å². The van der Waals surface area contributed by atoms with Crippen molar-refractivity contribution in [2.45, 2.75) is 23.5 Å². The lowest BCUT2D eigenvalue weighted by Crippen LogP contribution is -2.33. The van der Waals surface area contributed by atoms with Crippen molar-refractivity contribution in [3.8, 4) is 0 Å². The van der Waals surface area contributed by atoms with Gasteiger partial charge < -0.3 is 5.11 Å². The van der Waals surface area contributed by atoms with E-state index in [2.05, 4.69) is 4.72 Å². The molecule has 1 aliphatic carbocycles. The van der Waals surface area contributed by atoms with Crippen molar-refractivity contribution in [2.75, 3.05) is 0 Å². The van der Waals surface area contributed by atoms with Gasteiger partial charge in [0.15, 0.2) is 0 Å². The molecule has 0 unspecified atom stereocenters. The average molecular weight is 334 g/mol. The molecule has 0 aliphatic heterocycles. The maximum Gasteiger partial charge on any atom is 0.270 e. The van der Waals surface area contributed by atoms with E-state index in [9.17, 15) is 23.6 Å². The van der Waals surface area contributed by atoms with E-state index in [1.807, 2.05) is 12.1 Å². The molecule has 0 heterocycles. The Bertz CT molecular complexity index is 866. The lowest BCUT2D eigenvalue weighted by Gasteiger charge is -2.18. The topological polar surface area (TPSA) is 110 Å². The number of nitrogens with zero attached hydrogens (tertiary/aromatic N) is 1. The minimum atomic E-state index is -3.99. The third-order valence-electron chi connectivity index (χ3n) is 3.82. The number of benzene rings is 2. The number of rotatable bonds is 4. The van der Waals surface area contributed by atoms with Crippen LogP contribution in [0, 0.1) is 10.1 Å². The van der Waals surface area contributed by atoms with E-state index in [4.69, 9.17) is 0 Å². The summed E-state index contributed by atoms with van der Waals surface area (Å²) in [5.41, 5.74) is 1.29. The van der Waals surface area contributed by atoms with Crippen LogP contribution in [0.1, 0.15) is 17.2 Å². The zero-order valence-electron chi connectivity index (χ0n) is 11.9. The number of aliphatic hydroxyl groups is 1. The molecule has 0 saturated carbocycles. The Morgan fingerprint density at radius 2 is 1.91 bits per heavy atom. The lowest BCUT2D eigenvalue weighted by molar-refractivity contribution is -0.385. The largest absolute Gasteiger partial charge is 0.391 e. The van der Waals surface area contributed by atoms with Crippen LogP contribution >= 0.6 is 0 Å². The minimum Gasteiger partial charge on any atom is -0.391 e. The quantitative estimate of drug-likeness (QED) is 0.651. The summed E-state index contributed by atoms with van der Waals surface area (Å²) in [6.45, 7) is 0. The van der Waals surface area contributed by atoms with Gasteiger partial charge in [-0.25, -0.2) is 13.1 Å². The van der Waals surface area contributed by atoms with E-state index >= 15 is 0 Å². The van der Waals surface area contributed by atoms with Gasteiger partial charge in [-0.3, -0.25) is 10.1 Å². The van der Waals surface area contributed by atoms with Gasteiger partial charge in [0.1, 0.15) is 0 Å². The smallest absolute Gasteiger partial charge is 0.270 e. The van der Waals surface area contributed by atoms with Crippen LogP contribution in [0.5, 0.6) is 0 Å². The molecule has 2 N–H and O–H groups in total. The van der Waals surface area contributed by atoms with Crippen LogP contribution < -0.4 is 4.72 Å². The fourth-order valence-corrected chi connectivity index (χ4v) is 4.00. The van der Waals surface area contributed by atoms with Crippen molar-refractivity contribution in [1.82, 2.24) is 4.72 Å². The van der Waals surface area contributed by atoms with E-state index in [0.717, 1.165) is 11.6 Å². The summed E-state index contributed by atoms with van der Waals surface area (Å²) < 4.78 is 27.4. The Labute approximate surface area is 132 Å². The van der Waals surface area contributed by atoms with E-state index in [1.165, 1.54) is 18.2 Å². The second kappa shape index (κ2) is 5.73. The molecule has 8 heteroatoms. The second-order valence-corrected chi connectivity index (χ2v) is 7.04. The highest BCUT2D eigenvalue weighted by Gasteiger charge is 2.34. The van der Waals surface area contributed by atoms with Crippen LogP contribution in [0.4, 0.5) is 5.69 Å². The molecule has 0 fully saturated rings. The highest BCUT2D eigenvalue weighted by Crippen LogP contribution is 2.32. The van der Waals surface area contributed by atoms with Gasteiger partial charge in [0, 0.05) is 18.6 Å². The summed E-state index contributed by atoms with van der Waals surface area (Å²) in [5.74, 6) is 0. The number of fused-ring (bicyclic) bond motifs is 1. The number of non-ortho nitro benzene ring substituents is 1. The van der Waals surface area contributed by atoms with E-state index in [0.29, 0.717) is 12.0 Å². The number of aliphatic hydroxyl groups excluding tert-OH is 1. The Kier molecular flexibility index (Phi) is 3.88. The SMILES string of the molecule is O=[N+]([O-])c1cccc(S(=O)(=O)N[C@@H]2c3ccccc3C[C@H]2O)c1. The van der Waals surface area contributed by atoms with Gasteiger partial charge in [0.2, 0.25) is 10.0 Å². The van der Waals surface area contributed by atoms with Gasteiger partial charge in [0.05, 0.1) is 22.0 Å². The number of hydrogen-bond acceptors (Lipinski definition) is 5. The van der Waals surface area contributed by atoms with Crippen LogP contribution in [-0.2, 0) is 16.4 Å². The summed E-state index contributed by atoms with van der Waals surface area (Å²) in [7, 11) is -3.99. The maximum atomic E-state index is 12.5. The van der Waals surface area contributed by atoms with E-state index in [-0.39, 0.29) is 10.6 Å². The molecule has 2 atom stereocenters. The molecule has 2 aromatic carbocycles. The maximum absolute atomic E-state index is 12.5. The summed E-state index contributed by atoms with van der Waals surface area (Å²) in [6, 6.07) is 11.2. The fourth-order valence-electron chi connectivity index (χ4n) is 2.72. The predicted molar refractivity (Wildman–Crippen MR) is 82.3 cm³/mol. The standard InChI is InChI=1S/C15H14N2O5S/c18-14-8-10-4-1-2-7-13(10)15(14)16-23(21,22)12-6-3-5-11(9-12)17(19)20/h1-7,9,14-16,18H,8H2/t14-,15-/m1/s1. The van der Waals surface area contributed by atoms with Crippen molar-refractivity contribution in [3.05, 3.63) is 69.8 Å². The molecule has 7 nitrogen and oxygen atoms in total. The Morgan fingerprint density at radius 1 is 1.17 bits per heavy atom. The molecule has 2 aromatic rings. The lowest BCUT2D eigenvalue weighted by atomic mass is 10.1. The van der Waals surface area contributed by atoms with Gasteiger partial charge in [-0.05, 0) is 17.2 Å². The van der Waals surface area contributed by atoms with Crippen LogP contribution in [0.15, 0.2) is 53.4 Å². The number of nitrogens with one attached hydrogen (secondary N) is 1. The van der Waals surface area contributed by atoms with Crippen LogP contribution in [0.25, 0.3) is 0 Å². The highest BCUT2D eigenvalue weighted by molar-refractivity contribution is 7.89. The molecule has 120 valence electrons. The fraction of sp³-hybridized carbons (Fsp3) is 0.200. The zero-order valence-corrected chi connectivity index (χ0v) is 12.7. The third kappa shape index (κ3) is 2.96. The number of nitro groups is 1. The first kappa shape index (κ1) is 15.6. The number of nitro benzene ring substituents is 1. The first-order chi connectivity index (χ1) is 10.9. The predicted octanol–water partition coefficient (Wildman–Crippen LogP) is 1.53. The minimum absolute atomic E-state index is 0.205. The van der Waals surface area contributed by atoms with Gasteiger partial charge in [-0.2, -0.15) is 0 Å². The van der Waals surface area contributed by atoms with Crippen LogP contribution in [0.2, 0.25) is 0 Å². The van der Waals surface area contributed by atoms with Crippen molar-refractivity contribution in [2.24, 2.45) is 0 Å². The Balaban J connectivity index is 1.93. The summed E-state index contributed by atoms with van der Waals surface area (Å²) in [6.07, 6.45) is -0.515. The molecule has 0 bridgehead atoms. The monoisotopic (exact) mass is 334 g/mol. The molecule has 0 spiro atoms. The molecule has 0 amide bonds. The Hall–Kier alpha value is -2.29. The molecule has 3 rings (SSSR count). The van der Waals surface area contributed by atoms with Crippen molar-refractivity contribution < 1.29 is 18.4 Å². The molecule has 0 aromatic heterocycles. The van der Waals surface area contributed by atoms with Crippen molar-refractivity contribution in [3.63, 3.8) is 0 Å². The third-order valence-corrected chi connectivity index (χ3v) is 5.26. The summed E-state index contributed by atoms with van der Waals surface area (Å²) in [4.78, 5) is 9.93. The summed E-state index contributed by atoms with van der Waals surface area (Å²) >= 11 is 0. The second-order valence-electron chi connectivity index (χ2n) is 5.32. The van der Waals surface area contributed by atoms with Crippen LogP contribution in [0.3, 0.4) is 0 Å². The van der Waals surface area contributed by atoms with E-state index < -0.39 is 27.1 Å². The van der Waals surface area contributed by atoms with E-state index in [1.54, 1.807) is 12.1 Å². The number of sulfonamides is 1. The average Bonchev–Trinajstić information content (AvgIpc) is 2.83. The molecular formula is C15H14N2O5S.